The maximum atomic E-state index is 12.6. The van der Waals surface area contributed by atoms with Crippen LogP contribution in [0.5, 0.6) is 11.5 Å². The Labute approximate surface area is 197 Å². The van der Waals surface area contributed by atoms with E-state index in [0.717, 1.165) is 16.8 Å². The second kappa shape index (κ2) is 11.0. The van der Waals surface area contributed by atoms with Crippen molar-refractivity contribution in [2.45, 2.75) is 41.2 Å². The van der Waals surface area contributed by atoms with Crippen molar-refractivity contribution in [3.8, 4) is 11.5 Å². The fraction of sp³-hybridized carbons (Fsp3) is 0.320. The normalized spacial score (nSPS) is 10.6. The minimum absolute atomic E-state index is 0.00887. The molecular weight excluding hydrogens is 440 g/mol. The van der Waals surface area contributed by atoms with Gasteiger partial charge in [-0.1, -0.05) is 12.1 Å². The van der Waals surface area contributed by atoms with E-state index in [9.17, 15) is 9.59 Å². The first kappa shape index (κ1) is 24.3. The molecule has 0 saturated heterocycles. The minimum Gasteiger partial charge on any atom is -0.490 e. The van der Waals surface area contributed by atoms with Crippen molar-refractivity contribution in [2.75, 3.05) is 18.1 Å². The number of rotatable bonds is 9. The summed E-state index contributed by atoms with van der Waals surface area (Å²) in [5, 5.41) is 2.31. The third kappa shape index (κ3) is 5.70. The zero-order valence-corrected chi connectivity index (χ0v) is 20.3. The average Bonchev–Trinajstić information content (AvgIpc) is 3.25. The van der Waals surface area contributed by atoms with E-state index in [2.05, 4.69) is 4.98 Å². The largest absolute Gasteiger partial charge is 0.490 e. The van der Waals surface area contributed by atoms with Gasteiger partial charge in [0.2, 0.25) is 5.91 Å². The number of benzene rings is 2. The molecule has 174 valence electrons. The Kier molecular flexibility index (Phi) is 8.06. The van der Waals surface area contributed by atoms with Gasteiger partial charge in [0.05, 0.1) is 30.2 Å². The predicted octanol–water partition coefficient (Wildman–Crippen LogP) is 5.60. The van der Waals surface area contributed by atoms with Crippen molar-refractivity contribution >= 4 is 34.0 Å². The van der Waals surface area contributed by atoms with Crippen LogP contribution in [0, 0.1) is 13.8 Å². The number of hydrogen-bond donors (Lipinski definition) is 0. The maximum absolute atomic E-state index is 12.6. The van der Waals surface area contributed by atoms with E-state index < -0.39 is 5.97 Å². The predicted molar refractivity (Wildman–Crippen MR) is 129 cm³/mol. The van der Waals surface area contributed by atoms with Gasteiger partial charge in [0.25, 0.3) is 0 Å². The fourth-order valence-corrected chi connectivity index (χ4v) is 4.12. The lowest BCUT2D eigenvalue weighted by atomic mass is 10.1. The van der Waals surface area contributed by atoms with E-state index in [0.29, 0.717) is 41.1 Å². The second-order valence-electron chi connectivity index (χ2n) is 7.30. The summed E-state index contributed by atoms with van der Waals surface area (Å²) in [5.74, 6) is 0.442. The Morgan fingerprint density at radius 2 is 1.76 bits per heavy atom. The highest BCUT2D eigenvalue weighted by molar-refractivity contribution is 7.14. The van der Waals surface area contributed by atoms with Crippen molar-refractivity contribution < 1.29 is 23.8 Å². The summed E-state index contributed by atoms with van der Waals surface area (Å²) in [6.45, 7) is 10.2. The Balaban J connectivity index is 1.74. The van der Waals surface area contributed by atoms with Crippen LogP contribution in [-0.2, 0) is 16.1 Å². The number of amides is 1. The third-order valence-electron chi connectivity index (χ3n) is 4.99. The monoisotopic (exact) mass is 468 g/mol. The van der Waals surface area contributed by atoms with Gasteiger partial charge in [-0.05, 0) is 63.1 Å². The van der Waals surface area contributed by atoms with E-state index >= 15 is 0 Å². The summed E-state index contributed by atoms with van der Waals surface area (Å²) in [6.07, 6.45) is 0. The average molecular weight is 469 g/mol. The van der Waals surface area contributed by atoms with Crippen LogP contribution in [0.2, 0.25) is 0 Å². The van der Waals surface area contributed by atoms with Crippen molar-refractivity contribution in [3.63, 3.8) is 0 Å². The van der Waals surface area contributed by atoms with Crippen LogP contribution >= 0.6 is 11.3 Å². The number of anilines is 2. The summed E-state index contributed by atoms with van der Waals surface area (Å²) < 4.78 is 16.6. The molecule has 0 bridgehead atoms. The highest BCUT2D eigenvalue weighted by Gasteiger charge is 2.21. The molecule has 0 atom stereocenters. The van der Waals surface area contributed by atoms with Gasteiger partial charge < -0.3 is 14.2 Å². The molecule has 1 heterocycles. The lowest BCUT2D eigenvalue weighted by molar-refractivity contribution is -0.115. The van der Waals surface area contributed by atoms with Crippen LogP contribution in [0.15, 0.2) is 41.8 Å². The number of aryl methyl sites for hydroxylation is 1. The Bertz CT molecular complexity index is 1140. The van der Waals surface area contributed by atoms with E-state index in [4.69, 9.17) is 14.2 Å². The van der Waals surface area contributed by atoms with Crippen molar-refractivity contribution in [1.29, 1.82) is 0 Å². The number of ether oxygens (including phenoxy) is 3. The van der Waals surface area contributed by atoms with Gasteiger partial charge in [-0.15, -0.1) is 11.3 Å². The lowest BCUT2D eigenvalue weighted by Crippen LogP contribution is -2.23. The van der Waals surface area contributed by atoms with Gasteiger partial charge >= 0.3 is 5.97 Å². The zero-order valence-electron chi connectivity index (χ0n) is 19.5. The SMILES string of the molecule is CCOc1ccc(C(=O)OCc2csc(N(C(C)=O)c3cccc(C)c3C)n2)cc1OCC. The Morgan fingerprint density at radius 3 is 2.45 bits per heavy atom. The Hall–Kier alpha value is -3.39. The first-order valence-corrected chi connectivity index (χ1v) is 11.6. The molecule has 1 aromatic heterocycles. The molecule has 0 aliphatic rings. The van der Waals surface area contributed by atoms with E-state index in [1.54, 1.807) is 28.5 Å². The smallest absolute Gasteiger partial charge is 0.338 e. The molecule has 1 amide bonds. The molecule has 0 aliphatic carbocycles. The molecule has 33 heavy (non-hydrogen) atoms. The van der Waals surface area contributed by atoms with Gasteiger partial charge in [0.15, 0.2) is 16.6 Å². The number of carbonyl (C=O) groups excluding carboxylic acids is 2. The first-order valence-electron chi connectivity index (χ1n) is 10.7. The molecule has 3 rings (SSSR count). The maximum Gasteiger partial charge on any atom is 0.338 e. The number of nitrogens with zero attached hydrogens (tertiary/aromatic N) is 2. The topological polar surface area (TPSA) is 78.0 Å². The fourth-order valence-electron chi connectivity index (χ4n) is 3.25. The molecule has 0 radical (unpaired) electrons. The van der Waals surface area contributed by atoms with Gasteiger partial charge in [0, 0.05) is 12.3 Å². The third-order valence-corrected chi connectivity index (χ3v) is 5.87. The van der Waals surface area contributed by atoms with Crippen LogP contribution in [0.4, 0.5) is 10.8 Å². The first-order chi connectivity index (χ1) is 15.8. The molecule has 0 aliphatic heterocycles. The van der Waals surface area contributed by atoms with Crippen LogP contribution in [-0.4, -0.2) is 30.1 Å². The lowest BCUT2D eigenvalue weighted by Gasteiger charge is -2.21. The van der Waals surface area contributed by atoms with E-state index in [-0.39, 0.29) is 12.5 Å². The summed E-state index contributed by atoms with van der Waals surface area (Å²) >= 11 is 1.33. The van der Waals surface area contributed by atoms with Gasteiger partial charge in [-0.2, -0.15) is 0 Å². The molecule has 7 nitrogen and oxygen atoms in total. The molecule has 3 aromatic rings. The zero-order chi connectivity index (χ0) is 24.0. The van der Waals surface area contributed by atoms with Gasteiger partial charge in [-0.25, -0.2) is 9.78 Å². The number of esters is 1. The highest BCUT2D eigenvalue weighted by atomic mass is 32.1. The van der Waals surface area contributed by atoms with Crippen molar-refractivity contribution in [2.24, 2.45) is 0 Å². The Morgan fingerprint density at radius 1 is 1.03 bits per heavy atom. The highest BCUT2D eigenvalue weighted by Crippen LogP contribution is 2.33. The number of thiazole rings is 1. The van der Waals surface area contributed by atoms with Gasteiger partial charge in [-0.3, -0.25) is 9.69 Å². The minimum atomic E-state index is -0.494. The number of hydrogen-bond acceptors (Lipinski definition) is 7. The number of carbonyl (C=O) groups is 2. The van der Waals surface area contributed by atoms with Crippen molar-refractivity contribution in [3.05, 3.63) is 64.2 Å². The molecule has 0 fully saturated rings. The summed E-state index contributed by atoms with van der Waals surface area (Å²) in [6, 6.07) is 10.8. The summed E-state index contributed by atoms with van der Waals surface area (Å²) in [7, 11) is 0. The molecule has 0 spiro atoms. The number of aromatic nitrogens is 1. The standard InChI is InChI=1S/C25H28N2O5S/c1-6-30-22-12-11-19(13-23(22)31-7-2)24(29)32-14-20-15-33-25(26-20)27(18(5)28)21-10-8-9-16(3)17(21)4/h8-13,15H,6-7,14H2,1-5H3. The molecule has 8 heteroatoms. The van der Waals surface area contributed by atoms with E-state index in [1.807, 2.05) is 45.9 Å². The van der Waals surface area contributed by atoms with Gasteiger partial charge in [0.1, 0.15) is 6.61 Å². The summed E-state index contributed by atoms with van der Waals surface area (Å²) in [4.78, 5) is 31.1. The molecule has 0 unspecified atom stereocenters. The van der Waals surface area contributed by atoms with Crippen LogP contribution < -0.4 is 14.4 Å². The van der Waals surface area contributed by atoms with Crippen LogP contribution in [0.1, 0.15) is 48.0 Å². The van der Waals surface area contributed by atoms with Crippen LogP contribution in [0.3, 0.4) is 0 Å². The second-order valence-corrected chi connectivity index (χ2v) is 8.14. The molecule has 0 saturated carbocycles. The molecule has 0 N–H and O–H groups in total. The quantitative estimate of drug-likeness (QED) is 0.381. The van der Waals surface area contributed by atoms with E-state index in [1.165, 1.54) is 18.3 Å². The summed E-state index contributed by atoms with van der Waals surface area (Å²) in [5.41, 5.74) is 3.81. The van der Waals surface area contributed by atoms with Crippen molar-refractivity contribution in [1.82, 2.24) is 4.98 Å². The molecular formula is C25H28N2O5S. The van der Waals surface area contributed by atoms with Crippen LogP contribution in [0.25, 0.3) is 0 Å². The molecule has 2 aromatic carbocycles.